The Kier molecular flexibility index (Phi) is 5.85. The molecule has 5 aromatic carbocycles. The molecule has 0 spiro atoms. The first-order chi connectivity index (χ1) is 19.0. The van der Waals surface area contributed by atoms with Gasteiger partial charge in [0.2, 0.25) is 0 Å². The highest BCUT2D eigenvalue weighted by Gasteiger charge is 2.38. The second kappa shape index (κ2) is 9.26. The molecule has 0 heterocycles. The fourth-order valence-electron chi connectivity index (χ4n) is 6.64. The summed E-state index contributed by atoms with van der Waals surface area (Å²) < 4.78 is 0. The van der Waals surface area contributed by atoms with Gasteiger partial charge in [0.25, 0.3) is 0 Å². The van der Waals surface area contributed by atoms with Gasteiger partial charge >= 0.3 is 0 Å². The van der Waals surface area contributed by atoms with Crippen LogP contribution in [0.4, 0.5) is 0 Å². The van der Waals surface area contributed by atoms with E-state index in [9.17, 15) is 0 Å². The van der Waals surface area contributed by atoms with Crippen molar-refractivity contribution in [3.63, 3.8) is 0 Å². The van der Waals surface area contributed by atoms with E-state index in [0.29, 0.717) is 0 Å². The minimum atomic E-state index is -0.145. The molecule has 0 aliphatic heterocycles. The molecule has 1 aliphatic carbocycles. The topological polar surface area (TPSA) is 0 Å². The van der Waals surface area contributed by atoms with Gasteiger partial charge in [-0.05, 0) is 83.6 Å². The molecular formula is C39H32. The number of hydrogen-bond donors (Lipinski definition) is 0. The smallest absolute Gasteiger partial charge is 0.0159 e. The molecule has 0 unspecified atom stereocenters. The van der Waals surface area contributed by atoms with Gasteiger partial charge in [0.05, 0.1) is 0 Å². The molecule has 0 radical (unpaired) electrons. The van der Waals surface area contributed by atoms with Gasteiger partial charge in [0.15, 0.2) is 0 Å². The molecule has 0 nitrogen and oxygen atoms in total. The fraction of sp³-hybridized carbons (Fsp3) is 0.0769. The average molecular weight is 501 g/mol. The van der Waals surface area contributed by atoms with E-state index in [2.05, 4.69) is 125 Å². The van der Waals surface area contributed by atoms with Gasteiger partial charge in [-0.15, -0.1) is 0 Å². The molecule has 188 valence electrons. The molecule has 39 heavy (non-hydrogen) atoms. The normalized spacial score (nSPS) is 13.0. The Morgan fingerprint density at radius 1 is 0.487 bits per heavy atom. The van der Waals surface area contributed by atoms with Crippen molar-refractivity contribution in [2.24, 2.45) is 0 Å². The van der Waals surface area contributed by atoms with Crippen LogP contribution in [0.5, 0.6) is 0 Å². The van der Waals surface area contributed by atoms with E-state index in [1.54, 1.807) is 0 Å². The summed E-state index contributed by atoms with van der Waals surface area (Å²) in [4.78, 5) is 0. The van der Waals surface area contributed by atoms with E-state index in [4.69, 9.17) is 0 Å². The molecule has 0 amide bonds. The van der Waals surface area contributed by atoms with Gasteiger partial charge in [-0.3, -0.25) is 0 Å². The minimum absolute atomic E-state index is 0.145. The molecule has 0 atom stereocenters. The molecule has 6 rings (SSSR count). The fourth-order valence-corrected chi connectivity index (χ4v) is 6.64. The van der Waals surface area contributed by atoms with Gasteiger partial charge in [0.1, 0.15) is 0 Å². The van der Waals surface area contributed by atoms with Crippen LogP contribution < -0.4 is 0 Å². The average Bonchev–Trinajstić information content (AvgIpc) is 3.21. The zero-order valence-electron chi connectivity index (χ0n) is 22.7. The van der Waals surface area contributed by atoms with Crippen LogP contribution in [0.15, 0.2) is 111 Å². The van der Waals surface area contributed by atoms with Crippen LogP contribution in [0.3, 0.4) is 0 Å². The van der Waals surface area contributed by atoms with Crippen molar-refractivity contribution in [1.29, 1.82) is 0 Å². The standard InChI is InChI=1S/C39H32/c1-7-26-27(8-2)38-32-22-16-17-23-34(32)39(5,6)35(38)24-33(26)37-29(10-4)28(9-3)36(25-18-12-11-13-19-25)30-20-14-15-21-31(30)37/h7-24H,1-4H2,5-6H3. The Hall–Kier alpha value is -4.68. The Morgan fingerprint density at radius 3 is 1.64 bits per heavy atom. The lowest BCUT2D eigenvalue weighted by Gasteiger charge is -2.26. The molecule has 0 fully saturated rings. The summed E-state index contributed by atoms with van der Waals surface area (Å²) in [5.74, 6) is 0. The summed E-state index contributed by atoms with van der Waals surface area (Å²) >= 11 is 0. The predicted molar refractivity (Wildman–Crippen MR) is 173 cm³/mol. The summed E-state index contributed by atoms with van der Waals surface area (Å²) in [6.45, 7) is 21.8. The highest BCUT2D eigenvalue weighted by atomic mass is 14.4. The largest absolute Gasteiger partial charge is 0.0984 e. The first kappa shape index (κ1) is 24.6. The van der Waals surface area contributed by atoms with Crippen LogP contribution in [0.1, 0.15) is 47.2 Å². The maximum Gasteiger partial charge on any atom is 0.0159 e. The van der Waals surface area contributed by atoms with Crippen LogP contribution in [0.2, 0.25) is 0 Å². The van der Waals surface area contributed by atoms with Gasteiger partial charge in [-0.2, -0.15) is 0 Å². The third-order valence-corrected chi connectivity index (χ3v) is 8.39. The first-order valence-corrected chi connectivity index (χ1v) is 13.4. The molecule has 0 saturated carbocycles. The number of fused-ring (bicyclic) bond motifs is 4. The van der Waals surface area contributed by atoms with E-state index in [0.717, 1.165) is 33.4 Å². The lowest BCUT2D eigenvalue weighted by molar-refractivity contribution is 0.660. The number of rotatable bonds is 6. The van der Waals surface area contributed by atoms with Gasteiger partial charge in [0, 0.05) is 5.41 Å². The van der Waals surface area contributed by atoms with Crippen LogP contribution in [0, 0.1) is 0 Å². The summed E-state index contributed by atoms with van der Waals surface area (Å²) in [7, 11) is 0. The molecule has 1 aliphatic rings. The van der Waals surface area contributed by atoms with Crippen molar-refractivity contribution >= 4 is 35.1 Å². The van der Waals surface area contributed by atoms with Crippen molar-refractivity contribution in [3.8, 4) is 33.4 Å². The summed E-state index contributed by atoms with van der Waals surface area (Å²) in [5.41, 5.74) is 14.1. The lowest BCUT2D eigenvalue weighted by atomic mass is 9.77. The zero-order chi connectivity index (χ0) is 27.3. The highest BCUT2D eigenvalue weighted by molar-refractivity contribution is 6.13. The van der Waals surface area contributed by atoms with Gasteiger partial charge in [-0.25, -0.2) is 0 Å². The Balaban J connectivity index is 1.81. The van der Waals surface area contributed by atoms with Crippen LogP contribution >= 0.6 is 0 Å². The van der Waals surface area contributed by atoms with Crippen molar-refractivity contribution in [2.75, 3.05) is 0 Å². The van der Waals surface area contributed by atoms with E-state index in [1.807, 2.05) is 24.3 Å². The second-order valence-electron chi connectivity index (χ2n) is 10.7. The number of benzene rings is 5. The van der Waals surface area contributed by atoms with Crippen molar-refractivity contribution in [2.45, 2.75) is 19.3 Å². The first-order valence-electron chi connectivity index (χ1n) is 13.4. The van der Waals surface area contributed by atoms with Crippen molar-refractivity contribution in [1.82, 2.24) is 0 Å². The minimum Gasteiger partial charge on any atom is -0.0984 e. The van der Waals surface area contributed by atoms with Crippen LogP contribution in [0.25, 0.3) is 68.5 Å². The van der Waals surface area contributed by atoms with Crippen molar-refractivity contribution in [3.05, 3.63) is 145 Å². The highest BCUT2D eigenvalue weighted by Crippen LogP contribution is 2.54. The molecular weight excluding hydrogens is 468 g/mol. The summed E-state index contributed by atoms with van der Waals surface area (Å²) in [6.07, 6.45) is 7.95. The zero-order valence-corrected chi connectivity index (χ0v) is 22.7. The Labute approximate surface area is 232 Å². The molecule has 0 aromatic heterocycles. The molecule has 0 saturated heterocycles. The van der Waals surface area contributed by atoms with Crippen LogP contribution in [-0.4, -0.2) is 0 Å². The molecule has 0 bridgehead atoms. The van der Waals surface area contributed by atoms with E-state index >= 15 is 0 Å². The van der Waals surface area contributed by atoms with E-state index in [1.165, 1.54) is 44.2 Å². The maximum atomic E-state index is 4.31. The summed E-state index contributed by atoms with van der Waals surface area (Å²) in [5, 5.41) is 2.38. The summed E-state index contributed by atoms with van der Waals surface area (Å²) in [6, 6.07) is 30.4. The SMILES string of the molecule is C=Cc1c(-c2c(C=C)c(C=C)c(-c3ccccc3)c3ccccc23)cc2c(c1C=C)-c1ccccc1C2(C)C. The van der Waals surface area contributed by atoms with Crippen LogP contribution in [-0.2, 0) is 5.41 Å². The van der Waals surface area contributed by atoms with Gasteiger partial charge in [-0.1, -0.05) is 143 Å². The third-order valence-electron chi connectivity index (χ3n) is 8.39. The molecule has 0 heteroatoms. The monoisotopic (exact) mass is 500 g/mol. The Morgan fingerprint density at radius 2 is 1.00 bits per heavy atom. The van der Waals surface area contributed by atoms with Crippen molar-refractivity contribution < 1.29 is 0 Å². The molecule has 0 N–H and O–H groups in total. The van der Waals surface area contributed by atoms with E-state index in [-0.39, 0.29) is 5.41 Å². The van der Waals surface area contributed by atoms with Gasteiger partial charge < -0.3 is 0 Å². The third kappa shape index (κ3) is 3.45. The lowest BCUT2D eigenvalue weighted by Crippen LogP contribution is -2.15. The molecule has 5 aromatic rings. The van der Waals surface area contributed by atoms with E-state index < -0.39 is 0 Å². The second-order valence-corrected chi connectivity index (χ2v) is 10.7. The Bertz CT molecular complexity index is 1830. The number of hydrogen-bond acceptors (Lipinski definition) is 0. The quantitative estimate of drug-likeness (QED) is 0.217. The predicted octanol–water partition coefficient (Wildman–Crippen LogP) is 11.1. The maximum absolute atomic E-state index is 4.31.